The third-order valence-corrected chi connectivity index (χ3v) is 5.07. The number of rotatable bonds is 3. The molecule has 2 amide bonds. The number of nitrogens with zero attached hydrogens (tertiary/aromatic N) is 2. The van der Waals surface area contributed by atoms with Crippen molar-refractivity contribution in [2.75, 3.05) is 12.0 Å². The van der Waals surface area contributed by atoms with Gasteiger partial charge in [0, 0.05) is 19.4 Å². The number of esters is 1. The first-order valence-electron chi connectivity index (χ1n) is 8.46. The van der Waals surface area contributed by atoms with Crippen LogP contribution >= 0.6 is 0 Å². The monoisotopic (exact) mass is 350 g/mol. The van der Waals surface area contributed by atoms with Gasteiger partial charge in [0.2, 0.25) is 11.6 Å². The second-order valence-corrected chi connectivity index (χ2v) is 6.43. The van der Waals surface area contributed by atoms with Crippen molar-refractivity contribution in [2.45, 2.75) is 25.0 Å². The summed E-state index contributed by atoms with van der Waals surface area (Å²) in [5, 5.41) is 0. The largest absolute Gasteiger partial charge is 0.466 e. The standard InChI is InChI=1S/C20H18N2O4/c1-26-19(25)20-12-11-17(23)22(20)16-10-6-5-9-15(16)18(24)21(20)13-14-7-3-2-4-8-14/h2-10H,11-13H2,1H3/t20-/m1/s1. The predicted molar refractivity (Wildman–Crippen MR) is 94.2 cm³/mol. The number of methoxy groups -OCH3 is 1. The molecule has 2 aliphatic heterocycles. The van der Waals surface area contributed by atoms with Crippen molar-refractivity contribution in [2.24, 2.45) is 0 Å². The van der Waals surface area contributed by atoms with Crippen molar-refractivity contribution in [3.63, 3.8) is 0 Å². The summed E-state index contributed by atoms with van der Waals surface area (Å²) in [4.78, 5) is 41.7. The van der Waals surface area contributed by atoms with Crippen LogP contribution in [0.3, 0.4) is 0 Å². The Bertz CT molecular complexity index is 896. The van der Waals surface area contributed by atoms with Gasteiger partial charge in [0.05, 0.1) is 18.4 Å². The number of carbonyl (C=O) groups is 3. The van der Waals surface area contributed by atoms with E-state index in [1.807, 2.05) is 30.3 Å². The number of hydrogen-bond acceptors (Lipinski definition) is 4. The molecule has 1 fully saturated rings. The molecule has 2 heterocycles. The third-order valence-electron chi connectivity index (χ3n) is 5.07. The lowest BCUT2D eigenvalue weighted by Crippen LogP contribution is -2.68. The van der Waals surface area contributed by atoms with Gasteiger partial charge in [-0.1, -0.05) is 42.5 Å². The van der Waals surface area contributed by atoms with E-state index < -0.39 is 11.6 Å². The van der Waals surface area contributed by atoms with Crippen molar-refractivity contribution in [1.29, 1.82) is 0 Å². The van der Waals surface area contributed by atoms with Crippen molar-refractivity contribution < 1.29 is 19.1 Å². The van der Waals surface area contributed by atoms with E-state index in [4.69, 9.17) is 4.74 Å². The molecule has 0 spiro atoms. The third kappa shape index (κ3) is 2.15. The molecule has 1 saturated heterocycles. The van der Waals surface area contributed by atoms with Crippen LogP contribution in [0, 0.1) is 0 Å². The fourth-order valence-electron chi connectivity index (χ4n) is 3.90. The maximum atomic E-state index is 13.3. The molecule has 0 bridgehead atoms. The normalized spacial score (nSPS) is 21.4. The average molecular weight is 350 g/mol. The van der Waals surface area contributed by atoms with Crippen LogP contribution in [0.5, 0.6) is 0 Å². The van der Waals surface area contributed by atoms with Gasteiger partial charge in [0.25, 0.3) is 5.91 Å². The topological polar surface area (TPSA) is 66.9 Å². The summed E-state index contributed by atoms with van der Waals surface area (Å²) in [5.41, 5.74) is 0.323. The fraction of sp³-hybridized carbons (Fsp3) is 0.250. The van der Waals surface area contributed by atoms with Crippen LogP contribution in [0.2, 0.25) is 0 Å². The summed E-state index contributed by atoms with van der Waals surface area (Å²) >= 11 is 0. The van der Waals surface area contributed by atoms with Gasteiger partial charge in [-0.15, -0.1) is 0 Å². The molecule has 0 N–H and O–H groups in total. The number of benzene rings is 2. The number of amides is 2. The number of para-hydroxylation sites is 1. The lowest BCUT2D eigenvalue weighted by Gasteiger charge is -2.48. The fourth-order valence-corrected chi connectivity index (χ4v) is 3.90. The zero-order valence-corrected chi connectivity index (χ0v) is 14.3. The number of carbonyl (C=O) groups excluding carboxylic acids is 3. The smallest absolute Gasteiger partial charge is 0.353 e. The van der Waals surface area contributed by atoms with E-state index in [0.717, 1.165) is 5.56 Å². The van der Waals surface area contributed by atoms with E-state index in [0.29, 0.717) is 11.3 Å². The van der Waals surface area contributed by atoms with E-state index in [1.54, 1.807) is 24.3 Å². The summed E-state index contributed by atoms with van der Waals surface area (Å²) in [6.45, 7) is 0.215. The van der Waals surface area contributed by atoms with Gasteiger partial charge in [-0.3, -0.25) is 14.5 Å². The van der Waals surface area contributed by atoms with Crippen molar-refractivity contribution in [3.8, 4) is 0 Å². The lowest BCUT2D eigenvalue weighted by molar-refractivity contribution is -0.154. The molecule has 0 saturated carbocycles. The van der Waals surface area contributed by atoms with Crippen LogP contribution in [0.25, 0.3) is 0 Å². The van der Waals surface area contributed by atoms with Crippen LogP contribution in [-0.4, -0.2) is 35.5 Å². The van der Waals surface area contributed by atoms with E-state index in [9.17, 15) is 14.4 Å². The maximum Gasteiger partial charge on any atom is 0.353 e. The number of anilines is 1. The molecule has 2 aromatic rings. The van der Waals surface area contributed by atoms with Gasteiger partial charge >= 0.3 is 5.97 Å². The molecule has 26 heavy (non-hydrogen) atoms. The van der Waals surface area contributed by atoms with E-state index >= 15 is 0 Å². The molecule has 0 aromatic heterocycles. The highest BCUT2D eigenvalue weighted by molar-refractivity contribution is 6.15. The molecule has 0 unspecified atom stereocenters. The van der Waals surface area contributed by atoms with Gasteiger partial charge in [-0.25, -0.2) is 4.79 Å². The van der Waals surface area contributed by atoms with Crippen LogP contribution in [0.4, 0.5) is 5.69 Å². The van der Waals surface area contributed by atoms with E-state index in [1.165, 1.54) is 16.9 Å². The Hall–Kier alpha value is -3.15. The van der Waals surface area contributed by atoms with Crippen LogP contribution in [0.1, 0.15) is 28.8 Å². The van der Waals surface area contributed by atoms with Gasteiger partial charge < -0.3 is 9.64 Å². The van der Waals surface area contributed by atoms with Crippen LogP contribution in [0.15, 0.2) is 54.6 Å². The Morgan fingerprint density at radius 1 is 1.08 bits per heavy atom. The predicted octanol–water partition coefficient (Wildman–Crippen LogP) is 2.34. The summed E-state index contributed by atoms with van der Waals surface area (Å²) in [7, 11) is 1.28. The molecular formula is C20H18N2O4. The molecule has 2 aliphatic rings. The molecular weight excluding hydrogens is 332 g/mol. The van der Waals surface area contributed by atoms with Gasteiger partial charge in [-0.05, 0) is 17.7 Å². The summed E-state index contributed by atoms with van der Waals surface area (Å²) in [6, 6.07) is 16.3. The average Bonchev–Trinajstić information content (AvgIpc) is 3.03. The first kappa shape index (κ1) is 16.3. The summed E-state index contributed by atoms with van der Waals surface area (Å²) < 4.78 is 5.05. The zero-order chi connectivity index (χ0) is 18.3. The second-order valence-electron chi connectivity index (χ2n) is 6.43. The molecule has 0 radical (unpaired) electrons. The second kappa shape index (κ2) is 5.98. The molecule has 2 aromatic carbocycles. The summed E-state index contributed by atoms with van der Waals surface area (Å²) in [5.74, 6) is -1.06. The minimum Gasteiger partial charge on any atom is -0.466 e. The lowest BCUT2D eigenvalue weighted by atomic mass is 9.95. The Labute approximate surface area is 151 Å². The highest BCUT2D eigenvalue weighted by atomic mass is 16.5. The van der Waals surface area contributed by atoms with Gasteiger partial charge in [0.15, 0.2) is 0 Å². The zero-order valence-electron chi connectivity index (χ0n) is 14.3. The Morgan fingerprint density at radius 2 is 1.77 bits per heavy atom. The SMILES string of the molecule is COC(=O)[C@@]12CCC(=O)N1c1ccccc1C(=O)N2Cc1ccccc1. The molecule has 132 valence electrons. The Kier molecular flexibility index (Phi) is 3.76. The van der Waals surface area contributed by atoms with Crippen molar-refractivity contribution in [3.05, 3.63) is 65.7 Å². The molecule has 6 nitrogen and oxygen atoms in total. The molecule has 1 atom stereocenters. The number of ether oxygens (including phenoxy) is 1. The quantitative estimate of drug-likeness (QED) is 0.797. The highest BCUT2D eigenvalue weighted by Crippen LogP contribution is 2.45. The molecule has 4 rings (SSSR count). The first-order chi connectivity index (χ1) is 12.6. The Balaban J connectivity index is 1.92. The van der Waals surface area contributed by atoms with Gasteiger partial charge in [0.1, 0.15) is 0 Å². The first-order valence-corrected chi connectivity index (χ1v) is 8.46. The van der Waals surface area contributed by atoms with Gasteiger partial charge in [-0.2, -0.15) is 0 Å². The minimum absolute atomic E-state index is 0.183. The van der Waals surface area contributed by atoms with E-state index in [-0.39, 0.29) is 31.2 Å². The van der Waals surface area contributed by atoms with Crippen LogP contribution < -0.4 is 4.90 Å². The molecule has 0 aliphatic carbocycles. The Morgan fingerprint density at radius 3 is 2.50 bits per heavy atom. The summed E-state index contributed by atoms with van der Waals surface area (Å²) in [6.07, 6.45) is 0.396. The highest BCUT2D eigenvalue weighted by Gasteiger charge is 2.61. The maximum absolute atomic E-state index is 13.3. The number of hydrogen-bond donors (Lipinski definition) is 0. The van der Waals surface area contributed by atoms with Crippen LogP contribution in [-0.2, 0) is 20.9 Å². The number of fused-ring (bicyclic) bond motifs is 3. The van der Waals surface area contributed by atoms with E-state index in [2.05, 4.69) is 0 Å². The van der Waals surface area contributed by atoms with Crippen molar-refractivity contribution >= 4 is 23.5 Å². The van der Waals surface area contributed by atoms with Crippen molar-refractivity contribution in [1.82, 2.24) is 4.90 Å². The minimum atomic E-state index is -1.44. The molecule has 6 heteroatoms.